The first-order chi connectivity index (χ1) is 13.2. The predicted octanol–water partition coefficient (Wildman–Crippen LogP) is 2.54. The molecule has 1 aromatic heterocycles. The van der Waals surface area contributed by atoms with Crippen LogP contribution in [0.1, 0.15) is 62.8 Å². The van der Waals surface area contributed by atoms with E-state index < -0.39 is 0 Å². The number of hydrogen-bond acceptors (Lipinski definition) is 3. The second-order valence-corrected chi connectivity index (χ2v) is 9.33. The second kappa shape index (κ2) is 6.78. The fourth-order valence-corrected chi connectivity index (χ4v) is 5.08. The van der Waals surface area contributed by atoms with Gasteiger partial charge in [-0.3, -0.25) is 4.79 Å². The maximum absolute atomic E-state index is 13.0. The van der Waals surface area contributed by atoms with Crippen molar-refractivity contribution < 1.29 is 9.59 Å². The van der Waals surface area contributed by atoms with Gasteiger partial charge < -0.3 is 19.3 Å². The van der Waals surface area contributed by atoms with Gasteiger partial charge in [0.05, 0.1) is 17.9 Å². The van der Waals surface area contributed by atoms with Crippen LogP contribution < -0.4 is 0 Å². The molecule has 0 unspecified atom stereocenters. The summed E-state index contributed by atoms with van der Waals surface area (Å²) in [5.41, 5.74) is 2.25. The lowest BCUT2D eigenvalue weighted by Gasteiger charge is -2.47. The Labute approximate surface area is 167 Å². The lowest BCUT2D eigenvalue weighted by molar-refractivity contribution is -0.135. The Bertz CT molecular complexity index is 785. The van der Waals surface area contributed by atoms with Crippen LogP contribution in [0.4, 0.5) is 4.79 Å². The van der Waals surface area contributed by atoms with Gasteiger partial charge in [-0.2, -0.15) is 0 Å². The van der Waals surface area contributed by atoms with Crippen molar-refractivity contribution in [3.63, 3.8) is 0 Å². The highest BCUT2D eigenvalue weighted by molar-refractivity contribution is 5.81. The number of rotatable bonds is 2. The zero-order valence-corrected chi connectivity index (χ0v) is 17.9. The van der Waals surface area contributed by atoms with Crippen LogP contribution in [0.15, 0.2) is 0 Å². The van der Waals surface area contributed by atoms with Crippen molar-refractivity contribution in [2.24, 2.45) is 5.92 Å². The topological polar surface area (TPSA) is 61.7 Å². The van der Waals surface area contributed by atoms with Crippen molar-refractivity contribution in [2.75, 3.05) is 33.7 Å². The summed E-state index contributed by atoms with van der Waals surface area (Å²) in [7, 11) is 3.60. The van der Waals surface area contributed by atoms with Crippen LogP contribution in [0.5, 0.6) is 0 Å². The van der Waals surface area contributed by atoms with Gasteiger partial charge in [-0.15, -0.1) is 0 Å². The van der Waals surface area contributed by atoms with Gasteiger partial charge in [-0.1, -0.05) is 0 Å². The Kier molecular flexibility index (Phi) is 4.67. The largest absolute Gasteiger partial charge is 0.336 e. The van der Waals surface area contributed by atoms with Crippen LogP contribution in [-0.4, -0.2) is 69.9 Å². The third-order valence-electron chi connectivity index (χ3n) is 6.65. The van der Waals surface area contributed by atoms with E-state index in [4.69, 9.17) is 4.98 Å². The molecule has 0 bridgehead atoms. The van der Waals surface area contributed by atoms with Gasteiger partial charge in [0.15, 0.2) is 0 Å². The highest BCUT2D eigenvalue weighted by atomic mass is 16.2. The fourth-order valence-electron chi connectivity index (χ4n) is 5.08. The SMILES string of the molecule is Cc1nc2c(n1C(C)C)CN(C(=O)C1CC1)CC21CCN(C(=O)N(C)C)CC1. The molecule has 7 heteroatoms. The number of urea groups is 1. The molecular formula is C21H33N5O2. The van der Waals surface area contributed by atoms with E-state index in [0.717, 1.165) is 51.1 Å². The number of piperidine rings is 1. The first-order valence-corrected chi connectivity index (χ1v) is 10.6. The van der Waals surface area contributed by atoms with E-state index in [1.807, 2.05) is 4.90 Å². The predicted molar refractivity (Wildman–Crippen MR) is 107 cm³/mol. The van der Waals surface area contributed by atoms with Gasteiger partial charge in [-0.25, -0.2) is 9.78 Å². The van der Waals surface area contributed by atoms with Gasteiger partial charge in [0, 0.05) is 51.1 Å². The van der Waals surface area contributed by atoms with E-state index in [2.05, 4.69) is 30.2 Å². The molecule has 2 fully saturated rings. The number of likely N-dealkylation sites (tertiary alicyclic amines) is 1. The average molecular weight is 388 g/mol. The molecule has 0 N–H and O–H groups in total. The summed E-state index contributed by atoms with van der Waals surface area (Å²) in [6, 6.07) is 0.389. The molecule has 3 amide bonds. The number of aryl methyl sites for hydroxylation is 1. The maximum Gasteiger partial charge on any atom is 0.319 e. The van der Waals surface area contributed by atoms with E-state index >= 15 is 0 Å². The molecule has 0 radical (unpaired) electrons. The Hall–Kier alpha value is -2.05. The smallest absolute Gasteiger partial charge is 0.319 e. The molecule has 4 rings (SSSR count). The summed E-state index contributed by atoms with van der Waals surface area (Å²) in [5.74, 6) is 1.57. The number of imidazole rings is 1. The zero-order chi connectivity index (χ0) is 20.2. The monoisotopic (exact) mass is 387 g/mol. The number of carbonyl (C=O) groups excluding carboxylic acids is 2. The molecule has 1 saturated heterocycles. The minimum Gasteiger partial charge on any atom is -0.336 e. The Balaban J connectivity index is 1.68. The summed E-state index contributed by atoms with van der Waals surface area (Å²) < 4.78 is 2.31. The first-order valence-electron chi connectivity index (χ1n) is 10.6. The van der Waals surface area contributed by atoms with Gasteiger partial charge in [-0.05, 0) is 46.5 Å². The minimum atomic E-state index is -0.133. The Morgan fingerprint density at radius 2 is 1.79 bits per heavy atom. The third-order valence-corrected chi connectivity index (χ3v) is 6.65. The number of amides is 3. The Morgan fingerprint density at radius 1 is 1.14 bits per heavy atom. The molecule has 7 nitrogen and oxygen atoms in total. The number of aromatic nitrogens is 2. The maximum atomic E-state index is 13.0. The number of fused-ring (bicyclic) bond motifs is 2. The zero-order valence-electron chi connectivity index (χ0n) is 17.9. The van der Waals surface area contributed by atoms with Crippen LogP contribution in [0.3, 0.4) is 0 Å². The summed E-state index contributed by atoms with van der Waals surface area (Å²) in [6.45, 7) is 9.29. The molecule has 3 aliphatic rings. The molecule has 154 valence electrons. The summed E-state index contributed by atoms with van der Waals surface area (Å²) in [4.78, 5) is 36.1. The molecular weight excluding hydrogens is 354 g/mol. The molecule has 1 aromatic rings. The molecule has 0 aromatic carbocycles. The number of hydrogen-bond donors (Lipinski definition) is 0. The summed E-state index contributed by atoms with van der Waals surface area (Å²) in [6.07, 6.45) is 3.79. The molecule has 1 saturated carbocycles. The normalized spacial score (nSPS) is 21.2. The standard InChI is InChI=1S/C21H33N5O2/c1-14(2)26-15(3)22-18-17(26)12-25(19(27)16-6-7-16)13-21(18)8-10-24(11-9-21)20(28)23(4)5/h14,16H,6-13H2,1-5H3. The molecule has 28 heavy (non-hydrogen) atoms. The van der Waals surface area contributed by atoms with Crippen molar-refractivity contribution in [2.45, 2.75) is 64.5 Å². The van der Waals surface area contributed by atoms with E-state index in [0.29, 0.717) is 18.5 Å². The van der Waals surface area contributed by atoms with Crippen LogP contribution in [0.25, 0.3) is 0 Å². The van der Waals surface area contributed by atoms with Crippen LogP contribution in [-0.2, 0) is 16.8 Å². The lowest BCUT2D eigenvalue weighted by atomic mass is 9.72. The van der Waals surface area contributed by atoms with Crippen molar-refractivity contribution in [3.05, 3.63) is 17.2 Å². The van der Waals surface area contributed by atoms with E-state index in [1.54, 1.807) is 19.0 Å². The van der Waals surface area contributed by atoms with Gasteiger partial charge in [0.1, 0.15) is 5.82 Å². The van der Waals surface area contributed by atoms with E-state index in [1.165, 1.54) is 11.4 Å². The van der Waals surface area contributed by atoms with Gasteiger partial charge in [0.2, 0.25) is 5.91 Å². The van der Waals surface area contributed by atoms with Crippen molar-refractivity contribution in [3.8, 4) is 0 Å². The average Bonchev–Trinajstić information content (AvgIpc) is 3.43. The molecule has 3 heterocycles. The molecule has 1 aliphatic carbocycles. The molecule has 0 atom stereocenters. The third kappa shape index (κ3) is 3.08. The first kappa shape index (κ1) is 19.3. The van der Waals surface area contributed by atoms with Crippen molar-refractivity contribution in [1.29, 1.82) is 0 Å². The Morgan fingerprint density at radius 3 is 2.32 bits per heavy atom. The highest BCUT2D eigenvalue weighted by Gasteiger charge is 2.48. The van der Waals surface area contributed by atoms with Crippen LogP contribution in [0.2, 0.25) is 0 Å². The molecule has 2 aliphatic heterocycles. The van der Waals surface area contributed by atoms with Crippen LogP contribution >= 0.6 is 0 Å². The van der Waals surface area contributed by atoms with Crippen molar-refractivity contribution >= 4 is 11.9 Å². The van der Waals surface area contributed by atoms with E-state index in [-0.39, 0.29) is 17.4 Å². The van der Waals surface area contributed by atoms with Crippen molar-refractivity contribution in [1.82, 2.24) is 24.3 Å². The van der Waals surface area contributed by atoms with Gasteiger partial charge >= 0.3 is 6.03 Å². The van der Waals surface area contributed by atoms with Crippen LogP contribution in [0, 0.1) is 12.8 Å². The van der Waals surface area contributed by atoms with Gasteiger partial charge in [0.25, 0.3) is 0 Å². The summed E-state index contributed by atoms with van der Waals surface area (Å²) >= 11 is 0. The number of carbonyl (C=O) groups is 2. The quantitative estimate of drug-likeness (QED) is 0.783. The lowest BCUT2D eigenvalue weighted by Crippen LogP contribution is -2.55. The fraction of sp³-hybridized carbons (Fsp3) is 0.762. The second-order valence-electron chi connectivity index (χ2n) is 9.33. The number of nitrogens with zero attached hydrogens (tertiary/aromatic N) is 5. The van der Waals surface area contributed by atoms with E-state index in [9.17, 15) is 9.59 Å². The summed E-state index contributed by atoms with van der Waals surface area (Å²) in [5, 5.41) is 0. The minimum absolute atomic E-state index is 0.0701. The molecule has 1 spiro atoms. The highest BCUT2D eigenvalue weighted by Crippen LogP contribution is 2.44.